The molecule has 1 aromatic heterocycles. The SMILES string of the molecule is C=CCON=C(C(=O)NC1C(=O)N2C(C(=O)OC(c3ccccc3)c3ccccc3)=C(CI)CS(=O)[C@H]12)c1csc(NC(c2ccccc2)(c2ccccc2)c2ccccc2)n1. The maximum Gasteiger partial charge on any atom is 0.356 e. The molecular formula is C48H40IN5O6S2. The fraction of sp³-hybridized carbons (Fsp3) is 0.146. The third-order valence-corrected chi connectivity index (χ3v) is 13.8. The van der Waals surface area contributed by atoms with Gasteiger partial charge in [0.2, 0.25) is 0 Å². The summed E-state index contributed by atoms with van der Waals surface area (Å²) in [7, 11) is -1.66. The number of hydrogen-bond acceptors (Lipinski definition) is 10. The quantitative estimate of drug-likeness (QED) is 0.0115. The number of alkyl halides is 1. The zero-order chi connectivity index (χ0) is 43.1. The van der Waals surface area contributed by atoms with Gasteiger partial charge in [-0.05, 0) is 33.4 Å². The van der Waals surface area contributed by atoms with E-state index in [0.29, 0.717) is 15.1 Å². The number of amides is 2. The van der Waals surface area contributed by atoms with Gasteiger partial charge >= 0.3 is 5.97 Å². The Labute approximate surface area is 379 Å². The zero-order valence-corrected chi connectivity index (χ0v) is 36.9. The van der Waals surface area contributed by atoms with Crippen LogP contribution in [0.15, 0.2) is 186 Å². The summed E-state index contributed by atoms with van der Waals surface area (Å²) in [4.78, 5) is 54.0. The molecule has 14 heteroatoms. The lowest BCUT2D eigenvalue weighted by Gasteiger charge is -2.49. The number of nitrogens with zero attached hydrogens (tertiary/aromatic N) is 3. The maximum atomic E-state index is 14.2. The van der Waals surface area contributed by atoms with Gasteiger partial charge in [-0.15, -0.1) is 11.3 Å². The van der Waals surface area contributed by atoms with Gasteiger partial charge in [-0.1, -0.05) is 192 Å². The number of benzene rings is 5. The molecule has 0 saturated carbocycles. The number of thiazole rings is 1. The standard InChI is InChI=1S/C48H40IN5O6S2/c1-2-28-59-53-39(38-30-61-47(50-38)52-48(35-22-12-5-13-23-35,36-24-14-6-15-25-36)37-26-16-7-17-27-37)43(55)51-40-44(56)54-41(34(29-49)31-62(58)45(40)54)46(57)60-42(32-18-8-3-9-19-32)33-20-10-4-11-21-33/h2-27,30,40,42,45H,1,28-29,31H2,(H,50,52)(H,51,55)/t40?,45-,62?/m1/s1. The Morgan fingerprint density at radius 3 is 1.89 bits per heavy atom. The first-order chi connectivity index (χ1) is 30.3. The van der Waals surface area contributed by atoms with Crippen molar-refractivity contribution in [1.29, 1.82) is 0 Å². The molecule has 312 valence electrons. The van der Waals surface area contributed by atoms with E-state index >= 15 is 0 Å². The van der Waals surface area contributed by atoms with E-state index in [1.165, 1.54) is 22.3 Å². The van der Waals surface area contributed by atoms with Crippen molar-refractivity contribution < 1.29 is 28.2 Å². The lowest BCUT2D eigenvalue weighted by molar-refractivity contribution is -0.154. The van der Waals surface area contributed by atoms with Gasteiger partial charge in [0.25, 0.3) is 11.8 Å². The van der Waals surface area contributed by atoms with Crippen LogP contribution < -0.4 is 10.6 Å². The molecule has 2 unspecified atom stereocenters. The Balaban J connectivity index is 1.07. The van der Waals surface area contributed by atoms with E-state index in [1.807, 2.05) is 152 Å². The summed E-state index contributed by atoms with van der Waals surface area (Å²) >= 11 is 3.36. The Kier molecular flexibility index (Phi) is 13.2. The molecule has 62 heavy (non-hydrogen) atoms. The minimum Gasteiger partial charge on any atom is -0.448 e. The molecule has 0 spiro atoms. The van der Waals surface area contributed by atoms with E-state index in [1.54, 1.807) is 5.38 Å². The number of ether oxygens (including phenoxy) is 1. The highest BCUT2D eigenvalue weighted by Crippen LogP contribution is 2.41. The maximum absolute atomic E-state index is 14.2. The number of oxime groups is 1. The van der Waals surface area contributed by atoms with E-state index in [-0.39, 0.29) is 29.5 Å². The molecule has 3 heterocycles. The highest BCUT2D eigenvalue weighted by Gasteiger charge is 2.57. The van der Waals surface area contributed by atoms with Crippen LogP contribution >= 0.6 is 33.9 Å². The molecule has 2 N–H and O–H groups in total. The number of esters is 1. The Hall–Kier alpha value is -6.23. The zero-order valence-electron chi connectivity index (χ0n) is 33.1. The predicted octanol–water partition coefficient (Wildman–Crippen LogP) is 7.89. The smallest absolute Gasteiger partial charge is 0.356 e. The Bertz CT molecular complexity index is 2510. The van der Waals surface area contributed by atoms with Crippen molar-refractivity contribution >= 4 is 73.4 Å². The minimum absolute atomic E-state index is 0.00373. The second-order valence-electron chi connectivity index (χ2n) is 14.3. The van der Waals surface area contributed by atoms with Gasteiger partial charge in [-0.2, -0.15) is 0 Å². The molecule has 1 fully saturated rings. The Morgan fingerprint density at radius 2 is 1.39 bits per heavy atom. The van der Waals surface area contributed by atoms with Gasteiger partial charge in [-0.25, -0.2) is 9.78 Å². The fourth-order valence-corrected chi connectivity index (χ4v) is 11.1. The van der Waals surface area contributed by atoms with Gasteiger partial charge in [-0.3, -0.25) is 18.7 Å². The molecule has 2 aliphatic rings. The van der Waals surface area contributed by atoms with E-state index in [2.05, 4.69) is 45.0 Å². The molecule has 6 aromatic rings. The first-order valence-corrected chi connectivity index (χ1v) is 23.4. The number of carbonyl (C=O) groups excluding carboxylic acids is 3. The normalized spacial score (nSPS) is 17.5. The van der Waals surface area contributed by atoms with Gasteiger partial charge in [0.15, 0.2) is 16.9 Å². The van der Waals surface area contributed by atoms with Crippen LogP contribution in [0.2, 0.25) is 0 Å². The summed E-state index contributed by atoms with van der Waals surface area (Å²) in [6.07, 6.45) is 0.716. The first kappa shape index (κ1) is 42.5. The molecule has 3 atom stereocenters. The Morgan fingerprint density at radius 1 is 0.871 bits per heavy atom. The molecule has 1 saturated heterocycles. The number of anilines is 1. The average Bonchev–Trinajstić information content (AvgIpc) is 3.79. The summed E-state index contributed by atoms with van der Waals surface area (Å²) in [6, 6.07) is 47.5. The second kappa shape index (κ2) is 19.2. The fourth-order valence-electron chi connectivity index (χ4n) is 7.64. The van der Waals surface area contributed by atoms with E-state index in [9.17, 15) is 18.6 Å². The summed E-state index contributed by atoms with van der Waals surface area (Å²) in [5.41, 5.74) is 4.01. The summed E-state index contributed by atoms with van der Waals surface area (Å²) in [5.74, 6) is -2.09. The third kappa shape index (κ3) is 8.49. The van der Waals surface area contributed by atoms with Gasteiger partial charge in [0.1, 0.15) is 35.0 Å². The number of nitrogens with one attached hydrogen (secondary N) is 2. The number of hydrogen-bond donors (Lipinski definition) is 2. The minimum atomic E-state index is -1.66. The molecule has 8 rings (SSSR count). The topological polar surface area (TPSA) is 139 Å². The summed E-state index contributed by atoms with van der Waals surface area (Å²) < 4.78 is 20.3. The van der Waals surface area contributed by atoms with Crippen LogP contribution in [0, 0.1) is 0 Å². The van der Waals surface area contributed by atoms with E-state index < -0.39 is 51.6 Å². The third-order valence-electron chi connectivity index (χ3n) is 10.5. The molecule has 0 aliphatic carbocycles. The molecule has 2 aliphatic heterocycles. The number of carbonyl (C=O) groups is 3. The predicted molar refractivity (Wildman–Crippen MR) is 250 cm³/mol. The molecular weight excluding hydrogens is 934 g/mol. The average molecular weight is 974 g/mol. The van der Waals surface area contributed by atoms with Crippen molar-refractivity contribution in [2.24, 2.45) is 5.16 Å². The van der Waals surface area contributed by atoms with E-state index in [4.69, 9.17) is 14.6 Å². The van der Waals surface area contributed by atoms with Crippen molar-refractivity contribution in [3.63, 3.8) is 0 Å². The van der Waals surface area contributed by atoms with Crippen LogP contribution in [0.4, 0.5) is 5.13 Å². The summed E-state index contributed by atoms with van der Waals surface area (Å²) in [5, 5.41) is 11.7. The number of rotatable bonds is 16. The van der Waals surface area contributed by atoms with Gasteiger partial charge in [0.05, 0.1) is 16.6 Å². The van der Waals surface area contributed by atoms with E-state index in [0.717, 1.165) is 27.8 Å². The van der Waals surface area contributed by atoms with Crippen LogP contribution in [0.25, 0.3) is 0 Å². The molecule has 0 bridgehead atoms. The van der Waals surface area contributed by atoms with Crippen LogP contribution in [-0.2, 0) is 40.3 Å². The summed E-state index contributed by atoms with van der Waals surface area (Å²) in [6.45, 7) is 3.68. The highest BCUT2D eigenvalue weighted by molar-refractivity contribution is 14.1. The first-order valence-electron chi connectivity index (χ1n) is 19.7. The van der Waals surface area contributed by atoms with Crippen molar-refractivity contribution in [2.75, 3.05) is 22.1 Å². The number of aromatic nitrogens is 1. The van der Waals surface area contributed by atoms with Gasteiger partial charge < -0.3 is 20.2 Å². The number of halogens is 1. The molecule has 2 amide bonds. The second-order valence-corrected chi connectivity index (χ2v) is 17.5. The van der Waals surface area contributed by atoms with Crippen LogP contribution in [0.3, 0.4) is 0 Å². The van der Waals surface area contributed by atoms with Crippen molar-refractivity contribution in [3.8, 4) is 0 Å². The highest BCUT2D eigenvalue weighted by atomic mass is 127. The molecule has 0 radical (unpaired) electrons. The van der Waals surface area contributed by atoms with Crippen molar-refractivity contribution in [1.82, 2.24) is 15.2 Å². The van der Waals surface area contributed by atoms with Gasteiger partial charge in [0, 0.05) is 9.81 Å². The number of β-lactam (4-membered cyclic amide) rings is 1. The van der Waals surface area contributed by atoms with Crippen LogP contribution in [0.5, 0.6) is 0 Å². The molecule has 5 aromatic carbocycles. The van der Waals surface area contributed by atoms with Crippen LogP contribution in [-0.4, -0.2) is 65.8 Å². The molecule has 11 nitrogen and oxygen atoms in total. The lowest BCUT2D eigenvalue weighted by atomic mass is 9.77. The van der Waals surface area contributed by atoms with Crippen LogP contribution in [0.1, 0.15) is 39.6 Å². The van der Waals surface area contributed by atoms with Crippen molar-refractivity contribution in [2.45, 2.75) is 23.1 Å². The number of fused-ring (bicyclic) bond motifs is 1. The lowest BCUT2D eigenvalue weighted by Crippen LogP contribution is -2.74. The monoisotopic (exact) mass is 973 g/mol. The largest absolute Gasteiger partial charge is 0.448 e. The van der Waals surface area contributed by atoms with Crippen molar-refractivity contribution in [3.05, 3.63) is 214 Å².